The predicted octanol–water partition coefficient (Wildman–Crippen LogP) is 1.47. The fraction of sp³-hybridized carbons (Fsp3) is 0.273. The van der Waals surface area contributed by atoms with Gasteiger partial charge in [-0.25, -0.2) is 0 Å². The van der Waals surface area contributed by atoms with E-state index in [4.69, 9.17) is 0 Å². The van der Waals surface area contributed by atoms with Crippen molar-refractivity contribution in [1.82, 2.24) is 14.3 Å². The van der Waals surface area contributed by atoms with Gasteiger partial charge in [-0.2, -0.15) is 5.10 Å². The van der Waals surface area contributed by atoms with E-state index < -0.39 is 0 Å². The van der Waals surface area contributed by atoms with Gasteiger partial charge in [-0.05, 0) is 19.1 Å². The van der Waals surface area contributed by atoms with Crippen LogP contribution in [0.1, 0.15) is 23.0 Å². The van der Waals surface area contributed by atoms with Gasteiger partial charge in [0.25, 0.3) is 0 Å². The van der Waals surface area contributed by atoms with Crippen LogP contribution in [0.4, 0.5) is 0 Å². The Morgan fingerprint density at radius 3 is 2.73 bits per heavy atom. The second-order valence-corrected chi connectivity index (χ2v) is 3.61. The molecule has 0 aromatic carbocycles. The summed E-state index contributed by atoms with van der Waals surface area (Å²) in [6.07, 6.45) is 5.65. The molecule has 0 saturated carbocycles. The highest BCUT2D eigenvalue weighted by Crippen LogP contribution is 2.05. The predicted molar refractivity (Wildman–Crippen MR) is 56.7 cm³/mol. The number of carbonyl (C=O) groups excluding carboxylic acids is 1. The first-order valence-corrected chi connectivity index (χ1v) is 4.80. The number of rotatable bonds is 3. The molecule has 15 heavy (non-hydrogen) atoms. The van der Waals surface area contributed by atoms with Crippen LogP contribution in [0.3, 0.4) is 0 Å². The summed E-state index contributed by atoms with van der Waals surface area (Å²) in [6, 6.07) is 3.79. The Morgan fingerprint density at radius 2 is 2.20 bits per heavy atom. The zero-order valence-corrected chi connectivity index (χ0v) is 8.84. The van der Waals surface area contributed by atoms with E-state index in [1.807, 2.05) is 42.3 Å². The fourth-order valence-corrected chi connectivity index (χ4v) is 1.48. The number of hydrogen-bond donors (Lipinski definition) is 0. The molecule has 0 atom stereocenters. The van der Waals surface area contributed by atoms with Gasteiger partial charge in [0.05, 0.1) is 12.2 Å². The lowest BCUT2D eigenvalue weighted by atomic mass is 10.2. The van der Waals surface area contributed by atoms with E-state index >= 15 is 0 Å². The zero-order chi connectivity index (χ0) is 10.8. The second-order valence-electron chi connectivity index (χ2n) is 3.61. The molecule has 0 bridgehead atoms. The lowest BCUT2D eigenvalue weighted by Gasteiger charge is -1.98. The van der Waals surface area contributed by atoms with Crippen molar-refractivity contribution in [2.45, 2.75) is 13.5 Å². The van der Waals surface area contributed by atoms with Crippen LogP contribution in [0, 0.1) is 0 Å². The Labute approximate surface area is 88.1 Å². The summed E-state index contributed by atoms with van der Waals surface area (Å²) in [4.78, 5) is 11.1. The van der Waals surface area contributed by atoms with Crippen molar-refractivity contribution >= 4 is 5.78 Å². The number of aromatic nitrogens is 3. The number of carbonyl (C=O) groups is 1. The molecule has 2 aromatic heterocycles. The Bertz CT molecular complexity index is 481. The third-order valence-electron chi connectivity index (χ3n) is 2.27. The molecule has 0 aliphatic carbocycles. The number of Topliss-reactive ketones (excluding diaryl/α,β-unsaturated/α-hetero) is 1. The molecule has 2 heterocycles. The summed E-state index contributed by atoms with van der Waals surface area (Å²) in [5.41, 5.74) is 1.73. The maximum absolute atomic E-state index is 11.1. The molecule has 0 spiro atoms. The Balaban J connectivity index is 2.14. The van der Waals surface area contributed by atoms with Crippen molar-refractivity contribution in [1.29, 1.82) is 0 Å². The Kier molecular flexibility index (Phi) is 2.41. The molecule has 0 aliphatic rings. The van der Waals surface area contributed by atoms with Crippen molar-refractivity contribution in [3.63, 3.8) is 0 Å². The van der Waals surface area contributed by atoms with Crippen LogP contribution >= 0.6 is 0 Å². The Morgan fingerprint density at radius 1 is 1.40 bits per heavy atom. The van der Waals surface area contributed by atoms with Crippen LogP contribution in [0.2, 0.25) is 0 Å². The van der Waals surface area contributed by atoms with Gasteiger partial charge in [-0.3, -0.25) is 9.48 Å². The topological polar surface area (TPSA) is 39.8 Å². The fourth-order valence-electron chi connectivity index (χ4n) is 1.48. The third-order valence-corrected chi connectivity index (χ3v) is 2.27. The quantitative estimate of drug-likeness (QED) is 0.709. The van der Waals surface area contributed by atoms with Crippen LogP contribution in [-0.2, 0) is 13.6 Å². The van der Waals surface area contributed by atoms with Crippen molar-refractivity contribution in [3.05, 3.63) is 42.0 Å². The first-order valence-electron chi connectivity index (χ1n) is 4.80. The van der Waals surface area contributed by atoms with Gasteiger partial charge in [-0.1, -0.05) is 0 Å². The van der Waals surface area contributed by atoms with Gasteiger partial charge in [0.1, 0.15) is 0 Å². The number of hydrogen-bond acceptors (Lipinski definition) is 2. The average Bonchev–Trinajstić information content (AvgIpc) is 2.76. The minimum absolute atomic E-state index is 0.0924. The van der Waals surface area contributed by atoms with Gasteiger partial charge in [0.15, 0.2) is 5.78 Å². The molecule has 0 radical (unpaired) electrons. The third kappa shape index (κ3) is 2.15. The first-order chi connectivity index (χ1) is 7.15. The Hall–Kier alpha value is -1.84. The van der Waals surface area contributed by atoms with E-state index in [0.717, 1.165) is 11.3 Å². The average molecular weight is 203 g/mol. The van der Waals surface area contributed by atoms with E-state index in [1.165, 1.54) is 0 Å². The smallest absolute Gasteiger partial charge is 0.161 e. The molecular weight excluding hydrogens is 190 g/mol. The molecule has 0 fully saturated rings. The number of nitrogens with zero attached hydrogens (tertiary/aromatic N) is 3. The van der Waals surface area contributed by atoms with E-state index in [9.17, 15) is 4.79 Å². The summed E-state index contributed by atoms with van der Waals surface area (Å²) in [7, 11) is 1.89. The molecule has 78 valence electrons. The minimum Gasteiger partial charge on any atom is -0.348 e. The van der Waals surface area contributed by atoms with Crippen LogP contribution in [0.25, 0.3) is 0 Å². The second kappa shape index (κ2) is 3.73. The van der Waals surface area contributed by atoms with Gasteiger partial charge < -0.3 is 4.57 Å². The zero-order valence-electron chi connectivity index (χ0n) is 8.84. The molecule has 4 heteroatoms. The molecular formula is C11H13N3O. The molecule has 0 aliphatic heterocycles. The van der Waals surface area contributed by atoms with Crippen molar-refractivity contribution in [2.75, 3.05) is 0 Å². The van der Waals surface area contributed by atoms with Crippen LogP contribution in [-0.4, -0.2) is 20.1 Å². The van der Waals surface area contributed by atoms with Gasteiger partial charge in [0, 0.05) is 31.2 Å². The van der Waals surface area contributed by atoms with Crippen LogP contribution < -0.4 is 0 Å². The molecule has 0 N–H and O–H groups in total. The van der Waals surface area contributed by atoms with Crippen molar-refractivity contribution < 1.29 is 4.79 Å². The molecule has 2 rings (SSSR count). The highest BCUT2D eigenvalue weighted by atomic mass is 16.1. The molecule has 0 amide bonds. The van der Waals surface area contributed by atoms with Crippen LogP contribution in [0.15, 0.2) is 30.7 Å². The molecule has 4 nitrogen and oxygen atoms in total. The van der Waals surface area contributed by atoms with Gasteiger partial charge in [0.2, 0.25) is 0 Å². The van der Waals surface area contributed by atoms with E-state index in [-0.39, 0.29) is 5.78 Å². The minimum atomic E-state index is 0.0924. The summed E-state index contributed by atoms with van der Waals surface area (Å²) in [5, 5.41) is 4.27. The lowest BCUT2D eigenvalue weighted by molar-refractivity contribution is 0.101. The van der Waals surface area contributed by atoms with Gasteiger partial charge in [-0.15, -0.1) is 0 Å². The highest BCUT2D eigenvalue weighted by molar-refractivity contribution is 5.93. The normalized spacial score (nSPS) is 10.5. The number of aryl methyl sites for hydroxylation is 1. The standard InChI is InChI=1S/C11H13N3O/c1-9(15)10-3-6-14(7-10)8-11-4-5-13(2)12-11/h3-7H,8H2,1-2H3. The van der Waals surface area contributed by atoms with Gasteiger partial charge >= 0.3 is 0 Å². The summed E-state index contributed by atoms with van der Waals surface area (Å²) in [6.45, 7) is 2.27. The molecule has 0 saturated heterocycles. The molecule has 2 aromatic rings. The summed E-state index contributed by atoms with van der Waals surface area (Å²) < 4.78 is 3.73. The summed E-state index contributed by atoms with van der Waals surface area (Å²) in [5.74, 6) is 0.0924. The number of ketones is 1. The first kappa shape index (κ1) is 9.71. The van der Waals surface area contributed by atoms with E-state index in [0.29, 0.717) is 6.54 Å². The SMILES string of the molecule is CC(=O)c1ccn(Cc2ccn(C)n2)c1. The van der Waals surface area contributed by atoms with E-state index in [1.54, 1.807) is 11.6 Å². The van der Waals surface area contributed by atoms with E-state index in [2.05, 4.69) is 5.10 Å². The van der Waals surface area contributed by atoms with Crippen molar-refractivity contribution in [2.24, 2.45) is 7.05 Å². The monoisotopic (exact) mass is 203 g/mol. The highest BCUT2D eigenvalue weighted by Gasteiger charge is 2.03. The largest absolute Gasteiger partial charge is 0.348 e. The molecule has 0 unspecified atom stereocenters. The lowest BCUT2D eigenvalue weighted by Crippen LogP contribution is -1.99. The van der Waals surface area contributed by atoms with Crippen molar-refractivity contribution in [3.8, 4) is 0 Å². The maximum atomic E-state index is 11.1. The maximum Gasteiger partial charge on any atom is 0.161 e. The summed E-state index contributed by atoms with van der Waals surface area (Å²) >= 11 is 0. The van der Waals surface area contributed by atoms with Crippen LogP contribution in [0.5, 0.6) is 0 Å².